The molecule has 0 aliphatic rings. The maximum Gasteiger partial charge on any atom is 0.194 e. The van der Waals surface area contributed by atoms with Gasteiger partial charge in [-0.3, -0.25) is 0 Å². The molecule has 0 amide bonds. The average molecular weight is 411 g/mol. The van der Waals surface area contributed by atoms with E-state index in [-0.39, 0.29) is 0 Å². The second-order valence-corrected chi connectivity index (χ2v) is 5.99. The fourth-order valence-corrected chi connectivity index (χ4v) is 2.82. The van der Waals surface area contributed by atoms with Crippen molar-refractivity contribution in [2.45, 2.75) is 13.5 Å². The Bertz CT molecular complexity index is 808. The van der Waals surface area contributed by atoms with Crippen LogP contribution in [0.3, 0.4) is 0 Å². The summed E-state index contributed by atoms with van der Waals surface area (Å²) in [5.74, 6) is 0. The van der Waals surface area contributed by atoms with Crippen LogP contribution in [0, 0.1) is 10.8 Å². The Labute approximate surface area is 141 Å². The van der Waals surface area contributed by atoms with E-state index in [1.54, 1.807) is 6.33 Å². The van der Waals surface area contributed by atoms with Crippen LogP contribution in [0.1, 0.15) is 11.1 Å². The molecule has 0 saturated carbocycles. The number of nitrogens with zero attached hydrogens (tertiary/aromatic N) is 4. The minimum absolute atomic E-state index is 0.394. The highest BCUT2D eigenvalue weighted by Gasteiger charge is 2.09. The number of rotatable bonds is 3. The van der Waals surface area contributed by atoms with Gasteiger partial charge in [-0.05, 0) is 12.5 Å². The molecule has 3 rings (SSSR count). The molecular formula is C15H12ClIN4. The topological polar surface area (TPSA) is 43.6 Å². The Morgan fingerprint density at radius 3 is 2.76 bits per heavy atom. The number of allylic oxidation sites excluding steroid dienone is 1. The first kappa shape index (κ1) is 14.5. The fourth-order valence-electron chi connectivity index (χ4n) is 2.00. The zero-order valence-electron chi connectivity index (χ0n) is 11.3. The van der Waals surface area contributed by atoms with Crippen LogP contribution in [0.2, 0.25) is 5.15 Å². The quantitative estimate of drug-likeness (QED) is 0.371. The standard InChI is InChI=1S/C15H12ClIN4/c1-10-4-6-11(7-5-10)3-2-8-21-9-18-12-13(16)19-15(17)20-14(12)21/h2-7,9H,8H2,1H3/b3-2+. The number of halogens is 2. The monoisotopic (exact) mass is 410 g/mol. The second-order valence-electron chi connectivity index (χ2n) is 4.67. The number of fused-ring (bicyclic) bond motifs is 1. The van der Waals surface area contributed by atoms with Gasteiger partial charge < -0.3 is 4.57 Å². The van der Waals surface area contributed by atoms with Crippen LogP contribution in [0.15, 0.2) is 36.7 Å². The molecular weight excluding hydrogens is 399 g/mol. The number of benzene rings is 1. The highest BCUT2D eigenvalue weighted by molar-refractivity contribution is 14.1. The molecule has 2 heterocycles. The number of imidazole rings is 1. The van der Waals surface area contributed by atoms with E-state index in [0.717, 1.165) is 5.65 Å². The Morgan fingerprint density at radius 2 is 2.00 bits per heavy atom. The maximum absolute atomic E-state index is 6.07. The normalized spacial score (nSPS) is 11.6. The van der Waals surface area contributed by atoms with E-state index in [2.05, 4.69) is 80.9 Å². The van der Waals surface area contributed by atoms with Gasteiger partial charge in [0, 0.05) is 29.1 Å². The van der Waals surface area contributed by atoms with Gasteiger partial charge in [0.2, 0.25) is 0 Å². The molecule has 0 spiro atoms. The van der Waals surface area contributed by atoms with Crippen molar-refractivity contribution in [3.05, 3.63) is 56.8 Å². The summed E-state index contributed by atoms with van der Waals surface area (Å²) in [6.45, 7) is 2.77. The van der Waals surface area contributed by atoms with E-state index in [9.17, 15) is 0 Å². The van der Waals surface area contributed by atoms with E-state index in [0.29, 0.717) is 21.0 Å². The van der Waals surface area contributed by atoms with Gasteiger partial charge in [-0.15, -0.1) is 0 Å². The smallest absolute Gasteiger partial charge is 0.194 e. The van der Waals surface area contributed by atoms with E-state index in [1.165, 1.54) is 11.1 Å². The minimum atomic E-state index is 0.394. The number of aromatic nitrogens is 4. The molecule has 0 N–H and O–H groups in total. The van der Waals surface area contributed by atoms with Crippen molar-refractivity contribution in [3.8, 4) is 0 Å². The van der Waals surface area contributed by atoms with Crippen molar-refractivity contribution >= 4 is 51.4 Å². The predicted octanol–water partition coefficient (Wildman–Crippen LogP) is 4.11. The van der Waals surface area contributed by atoms with Crippen LogP contribution in [-0.2, 0) is 6.54 Å². The summed E-state index contributed by atoms with van der Waals surface area (Å²) in [4.78, 5) is 12.8. The molecule has 21 heavy (non-hydrogen) atoms. The molecule has 0 aliphatic carbocycles. The van der Waals surface area contributed by atoms with Crippen LogP contribution in [0.4, 0.5) is 0 Å². The van der Waals surface area contributed by atoms with Crippen LogP contribution in [0.25, 0.3) is 17.2 Å². The van der Waals surface area contributed by atoms with Crippen LogP contribution >= 0.6 is 34.2 Å². The molecule has 0 atom stereocenters. The van der Waals surface area contributed by atoms with E-state index in [4.69, 9.17) is 11.6 Å². The highest BCUT2D eigenvalue weighted by atomic mass is 127. The summed E-state index contributed by atoms with van der Waals surface area (Å²) in [6, 6.07) is 8.39. The van der Waals surface area contributed by atoms with Gasteiger partial charge in [0.15, 0.2) is 14.6 Å². The lowest BCUT2D eigenvalue weighted by molar-refractivity contribution is 0.837. The first-order valence-corrected chi connectivity index (χ1v) is 7.86. The van der Waals surface area contributed by atoms with E-state index >= 15 is 0 Å². The molecule has 106 valence electrons. The molecule has 1 aromatic carbocycles. The van der Waals surface area contributed by atoms with Crippen molar-refractivity contribution in [1.29, 1.82) is 0 Å². The van der Waals surface area contributed by atoms with Gasteiger partial charge in [0.1, 0.15) is 5.52 Å². The highest BCUT2D eigenvalue weighted by Crippen LogP contribution is 2.19. The Hall–Kier alpha value is -1.47. The van der Waals surface area contributed by atoms with Crippen molar-refractivity contribution in [2.75, 3.05) is 0 Å². The van der Waals surface area contributed by atoms with Crippen molar-refractivity contribution < 1.29 is 0 Å². The van der Waals surface area contributed by atoms with Crippen LogP contribution in [0.5, 0.6) is 0 Å². The third-order valence-corrected chi connectivity index (χ3v) is 3.83. The maximum atomic E-state index is 6.07. The molecule has 2 aromatic heterocycles. The van der Waals surface area contributed by atoms with E-state index < -0.39 is 0 Å². The summed E-state index contributed by atoms with van der Waals surface area (Å²) in [5.41, 5.74) is 3.83. The summed E-state index contributed by atoms with van der Waals surface area (Å²) in [6.07, 6.45) is 5.90. The van der Waals surface area contributed by atoms with Gasteiger partial charge >= 0.3 is 0 Å². The third-order valence-electron chi connectivity index (χ3n) is 3.08. The molecule has 0 saturated heterocycles. The van der Waals surface area contributed by atoms with Crippen molar-refractivity contribution in [3.63, 3.8) is 0 Å². The van der Waals surface area contributed by atoms with Gasteiger partial charge in [-0.1, -0.05) is 53.6 Å². The molecule has 0 radical (unpaired) electrons. The number of aryl methyl sites for hydroxylation is 1. The lowest BCUT2D eigenvalue weighted by Gasteiger charge is -2.00. The molecule has 0 unspecified atom stereocenters. The zero-order chi connectivity index (χ0) is 14.8. The fraction of sp³-hybridized carbons (Fsp3) is 0.133. The molecule has 0 aliphatic heterocycles. The predicted molar refractivity (Wildman–Crippen MR) is 93.3 cm³/mol. The van der Waals surface area contributed by atoms with Crippen molar-refractivity contribution in [1.82, 2.24) is 19.5 Å². The van der Waals surface area contributed by atoms with Crippen molar-refractivity contribution in [2.24, 2.45) is 0 Å². The molecule has 3 aromatic rings. The minimum Gasteiger partial charge on any atom is -0.311 e. The lowest BCUT2D eigenvalue weighted by atomic mass is 10.1. The zero-order valence-corrected chi connectivity index (χ0v) is 14.2. The molecule has 0 bridgehead atoms. The summed E-state index contributed by atoms with van der Waals surface area (Å²) < 4.78 is 2.57. The van der Waals surface area contributed by atoms with Crippen LogP contribution in [-0.4, -0.2) is 19.5 Å². The number of hydrogen-bond donors (Lipinski definition) is 0. The second kappa shape index (κ2) is 6.11. The lowest BCUT2D eigenvalue weighted by Crippen LogP contribution is -1.97. The molecule has 4 nitrogen and oxygen atoms in total. The number of hydrogen-bond acceptors (Lipinski definition) is 3. The Balaban J connectivity index is 1.84. The Morgan fingerprint density at radius 1 is 1.24 bits per heavy atom. The molecule has 6 heteroatoms. The SMILES string of the molecule is Cc1ccc(/C=C/Cn2cnc3c(Cl)nc(I)nc32)cc1. The third kappa shape index (κ3) is 3.24. The van der Waals surface area contributed by atoms with Crippen LogP contribution < -0.4 is 0 Å². The first-order valence-electron chi connectivity index (χ1n) is 6.40. The summed E-state index contributed by atoms with van der Waals surface area (Å²) in [7, 11) is 0. The Kier molecular flexibility index (Phi) is 4.21. The van der Waals surface area contributed by atoms with Gasteiger partial charge in [-0.2, -0.15) is 0 Å². The summed E-state index contributed by atoms with van der Waals surface area (Å²) in [5, 5.41) is 0.394. The van der Waals surface area contributed by atoms with Gasteiger partial charge in [-0.25, -0.2) is 15.0 Å². The summed E-state index contributed by atoms with van der Waals surface area (Å²) >= 11 is 8.12. The average Bonchev–Trinajstić information content (AvgIpc) is 2.84. The molecule has 0 fully saturated rings. The van der Waals surface area contributed by atoms with E-state index in [1.807, 2.05) is 4.57 Å². The largest absolute Gasteiger partial charge is 0.311 e. The van der Waals surface area contributed by atoms with Gasteiger partial charge in [0.25, 0.3) is 0 Å². The first-order chi connectivity index (χ1) is 10.1. The van der Waals surface area contributed by atoms with Gasteiger partial charge in [0.05, 0.1) is 6.33 Å².